The third-order valence-corrected chi connectivity index (χ3v) is 10.9. The Morgan fingerprint density at radius 2 is 0.617 bits per heavy atom. The summed E-state index contributed by atoms with van der Waals surface area (Å²) < 4.78 is 26.1. The Morgan fingerprint density at radius 3 is 0.967 bits per heavy atom. The van der Waals surface area contributed by atoms with E-state index >= 15 is 4.79 Å². The number of Topliss-reactive ketones (excluding diaryl/α,β-unsaturated/α-hetero) is 1. The molecule has 0 N–H and O–H groups in total. The molecule has 2 atom stereocenters. The quantitative estimate of drug-likeness (QED) is 0.0571. The predicted octanol–water partition coefficient (Wildman–Crippen LogP) is 14.3. The minimum absolute atomic E-state index is 0.0155. The van der Waals surface area contributed by atoms with Crippen LogP contribution < -0.4 is 18.9 Å². The summed E-state index contributed by atoms with van der Waals surface area (Å²) in [5, 5.41) is 0. The highest BCUT2D eigenvalue weighted by Crippen LogP contribution is 2.47. The summed E-state index contributed by atoms with van der Waals surface area (Å²) in [5.74, 6) is 1.56. The Balaban J connectivity index is 1.63. The molecule has 0 saturated carbocycles. The van der Waals surface area contributed by atoms with Gasteiger partial charge in [-0.05, 0) is 72.2 Å². The van der Waals surface area contributed by atoms with Crippen molar-refractivity contribution in [1.29, 1.82) is 0 Å². The Hall–Kier alpha value is -5.81. The number of carbonyl (C=O) groups is 1. The highest BCUT2D eigenvalue weighted by molar-refractivity contribution is 6.01. The zero-order chi connectivity index (χ0) is 41.9. The number of unbranched alkanes of at least 4 members (excludes halogenated alkanes) is 4. The lowest BCUT2D eigenvalue weighted by molar-refractivity contribution is -0.120. The molecule has 2 unspecified atom stereocenters. The highest BCUT2D eigenvalue weighted by atomic mass is 16.5. The number of ether oxygens (including phenoxy) is 4. The van der Waals surface area contributed by atoms with Gasteiger partial charge in [-0.15, -0.1) is 0 Å². The van der Waals surface area contributed by atoms with E-state index < -0.39 is 11.8 Å². The molecular weight excluding hydrogens is 741 g/mol. The summed E-state index contributed by atoms with van der Waals surface area (Å²) in [4.78, 5) is 16.6. The molecule has 0 radical (unpaired) electrons. The molecule has 0 aliphatic carbocycles. The first-order valence-electron chi connectivity index (χ1n) is 22.2. The van der Waals surface area contributed by atoms with Crippen molar-refractivity contribution in [3.63, 3.8) is 0 Å². The van der Waals surface area contributed by atoms with Crippen LogP contribution >= 0.6 is 0 Å². The predicted molar refractivity (Wildman–Crippen MR) is 247 cm³/mol. The van der Waals surface area contributed by atoms with Crippen LogP contribution in [0.15, 0.2) is 146 Å². The van der Waals surface area contributed by atoms with Gasteiger partial charge in [-0.3, -0.25) is 4.79 Å². The highest BCUT2D eigenvalue weighted by Gasteiger charge is 2.38. The summed E-state index contributed by atoms with van der Waals surface area (Å²) in [5.41, 5.74) is 7.21. The average Bonchev–Trinajstić information content (AvgIpc) is 3.29. The van der Waals surface area contributed by atoms with E-state index in [2.05, 4.69) is 76.2 Å². The van der Waals surface area contributed by atoms with Gasteiger partial charge >= 0.3 is 0 Å². The number of benzene rings is 6. The molecule has 5 heteroatoms. The van der Waals surface area contributed by atoms with Crippen LogP contribution in [0.4, 0.5) is 0 Å². The molecule has 0 aliphatic rings. The Bertz CT molecular complexity index is 2080. The van der Waals surface area contributed by atoms with Crippen LogP contribution in [0.3, 0.4) is 0 Å². The molecular formula is C55H62O5. The van der Waals surface area contributed by atoms with Gasteiger partial charge in [0.05, 0.1) is 38.3 Å². The number of hydrogen-bond donors (Lipinski definition) is 0. The van der Waals surface area contributed by atoms with Crippen molar-refractivity contribution in [3.05, 3.63) is 168 Å². The minimum Gasteiger partial charge on any atom is -0.493 e. The van der Waals surface area contributed by atoms with Crippen molar-refractivity contribution in [2.75, 3.05) is 26.4 Å². The number of carbonyl (C=O) groups excluding carboxylic acids is 1. The van der Waals surface area contributed by atoms with E-state index in [1.165, 1.54) is 0 Å². The molecule has 6 aromatic rings. The first-order valence-corrected chi connectivity index (χ1v) is 22.2. The fourth-order valence-corrected chi connectivity index (χ4v) is 7.74. The fourth-order valence-electron chi connectivity index (χ4n) is 7.74. The maximum Gasteiger partial charge on any atom is 0.156 e. The Labute approximate surface area is 358 Å². The maximum absolute atomic E-state index is 16.6. The monoisotopic (exact) mass is 802 g/mol. The van der Waals surface area contributed by atoms with Gasteiger partial charge < -0.3 is 18.9 Å². The van der Waals surface area contributed by atoms with Crippen molar-refractivity contribution < 1.29 is 23.7 Å². The smallest absolute Gasteiger partial charge is 0.156 e. The molecule has 0 bridgehead atoms. The first-order chi connectivity index (χ1) is 29.6. The molecule has 60 heavy (non-hydrogen) atoms. The third kappa shape index (κ3) is 10.9. The molecule has 0 fully saturated rings. The van der Waals surface area contributed by atoms with E-state index in [0.29, 0.717) is 37.9 Å². The van der Waals surface area contributed by atoms with E-state index in [1.807, 2.05) is 97.1 Å². The average molecular weight is 803 g/mol. The van der Waals surface area contributed by atoms with Gasteiger partial charge in [-0.25, -0.2) is 0 Å². The molecule has 6 aromatic carbocycles. The van der Waals surface area contributed by atoms with Crippen molar-refractivity contribution >= 4 is 5.78 Å². The fraction of sp³-hybridized carbons (Fsp3) is 0.327. The van der Waals surface area contributed by atoms with E-state index in [1.54, 1.807) is 0 Å². The maximum atomic E-state index is 16.6. The molecule has 0 amide bonds. The Kier molecular flexibility index (Phi) is 16.8. The number of para-hydroxylation sites is 4. The second-order valence-corrected chi connectivity index (χ2v) is 15.3. The molecule has 0 aliphatic heterocycles. The van der Waals surface area contributed by atoms with Gasteiger partial charge in [-0.1, -0.05) is 175 Å². The largest absolute Gasteiger partial charge is 0.493 e. The van der Waals surface area contributed by atoms with Crippen LogP contribution in [0.25, 0.3) is 22.3 Å². The van der Waals surface area contributed by atoms with Gasteiger partial charge in [0, 0.05) is 22.3 Å². The second kappa shape index (κ2) is 23.1. The Morgan fingerprint density at radius 1 is 0.350 bits per heavy atom. The van der Waals surface area contributed by atoms with E-state index in [9.17, 15) is 0 Å². The molecule has 0 aromatic heterocycles. The molecule has 0 saturated heterocycles. The zero-order valence-corrected chi connectivity index (χ0v) is 36.0. The molecule has 5 nitrogen and oxygen atoms in total. The lowest BCUT2D eigenvalue weighted by Gasteiger charge is -2.29. The van der Waals surface area contributed by atoms with Crippen LogP contribution in [0.5, 0.6) is 23.0 Å². The summed E-state index contributed by atoms with van der Waals surface area (Å²) in [6.45, 7) is 11.0. The molecule has 312 valence electrons. The lowest BCUT2D eigenvalue weighted by atomic mass is 9.73. The van der Waals surface area contributed by atoms with E-state index in [-0.39, 0.29) is 5.78 Å². The van der Waals surface area contributed by atoms with Gasteiger partial charge in [0.25, 0.3) is 0 Å². The number of rotatable bonds is 24. The normalized spacial score (nSPS) is 12.1. The number of hydrogen-bond acceptors (Lipinski definition) is 5. The molecule has 0 heterocycles. The minimum atomic E-state index is -0.736. The van der Waals surface area contributed by atoms with Crippen LogP contribution in [0.1, 0.15) is 113 Å². The van der Waals surface area contributed by atoms with E-state index in [0.717, 1.165) is 107 Å². The van der Waals surface area contributed by atoms with Crippen LogP contribution in [-0.4, -0.2) is 32.2 Å². The lowest BCUT2D eigenvalue weighted by Crippen LogP contribution is -2.25. The van der Waals surface area contributed by atoms with Gasteiger partial charge in [0.15, 0.2) is 5.78 Å². The topological polar surface area (TPSA) is 54.0 Å². The summed E-state index contributed by atoms with van der Waals surface area (Å²) in [7, 11) is 0. The van der Waals surface area contributed by atoms with Gasteiger partial charge in [0.2, 0.25) is 0 Å². The van der Waals surface area contributed by atoms with Crippen LogP contribution in [0, 0.1) is 0 Å². The van der Waals surface area contributed by atoms with Crippen molar-refractivity contribution in [2.45, 2.75) is 90.9 Å². The first kappa shape index (κ1) is 43.8. The summed E-state index contributed by atoms with van der Waals surface area (Å²) >= 11 is 0. The van der Waals surface area contributed by atoms with Crippen molar-refractivity contribution in [1.82, 2.24) is 0 Å². The second-order valence-electron chi connectivity index (χ2n) is 15.3. The van der Waals surface area contributed by atoms with Crippen LogP contribution in [-0.2, 0) is 4.79 Å². The number of ketones is 1. The van der Waals surface area contributed by atoms with Crippen molar-refractivity contribution in [3.8, 4) is 45.3 Å². The zero-order valence-electron chi connectivity index (χ0n) is 36.0. The summed E-state index contributed by atoms with van der Waals surface area (Å²) in [6, 6.07) is 49.1. The summed E-state index contributed by atoms with van der Waals surface area (Å²) in [6.07, 6.45) is 7.78. The van der Waals surface area contributed by atoms with Crippen LogP contribution in [0.2, 0.25) is 0 Å². The van der Waals surface area contributed by atoms with E-state index in [4.69, 9.17) is 18.9 Å². The third-order valence-electron chi connectivity index (χ3n) is 10.9. The standard InChI is InChI=1S/C55H62O5/c1-5-9-37-57-49-33-21-17-27-43(49)41-25-13-15-29-45(41)53(47-31-19-23-35-51(47)59-39-11-7-3)55(56)54(48-32-20-24-36-52(48)60-40-12-8-4)46-30-16-14-26-42(46)44-28-18-22-34-50(44)58-38-10-6-2/h13-36,53-54H,5-12,37-40H2,1-4H3. The van der Waals surface area contributed by atoms with Gasteiger partial charge in [-0.2, -0.15) is 0 Å². The van der Waals surface area contributed by atoms with Gasteiger partial charge in [0.1, 0.15) is 23.0 Å². The molecule has 0 spiro atoms. The van der Waals surface area contributed by atoms with Crippen molar-refractivity contribution in [2.24, 2.45) is 0 Å². The molecule has 6 rings (SSSR count). The SMILES string of the molecule is CCCCOc1ccccc1-c1ccccc1C(C(=O)C(c1ccccc1OCCCC)c1ccccc1-c1ccccc1OCCCC)c1ccccc1OCCCC.